The van der Waals surface area contributed by atoms with Crippen molar-refractivity contribution in [2.24, 2.45) is 5.41 Å². The summed E-state index contributed by atoms with van der Waals surface area (Å²) in [7, 11) is -1.39. The molecule has 2 atom stereocenters. The van der Waals surface area contributed by atoms with Gasteiger partial charge in [0, 0.05) is 0 Å². The fourth-order valence-corrected chi connectivity index (χ4v) is 20.0. The van der Waals surface area contributed by atoms with Crippen LogP contribution in [0.1, 0.15) is 39.0 Å². The monoisotopic (exact) mass is 655 g/mol. The second kappa shape index (κ2) is 14.1. The van der Waals surface area contributed by atoms with E-state index in [0.29, 0.717) is 11.3 Å². The Morgan fingerprint density at radius 3 is 1.35 bits per heavy atom. The van der Waals surface area contributed by atoms with Gasteiger partial charge >= 0.3 is 121 Å². The summed E-state index contributed by atoms with van der Waals surface area (Å²) >= 11 is -1.98. The summed E-state index contributed by atoms with van der Waals surface area (Å²) < 4.78 is 11.2. The molecule has 0 aliphatic heterocycles. The molecular formula is C32H48OPSi2Sn. The van der Waals surface area contributed by atoms with Gasteiger partial charge in [0.25, 0.3) is 0 Å². The Bertz CT molecular complexity index is 933. The Morgan fingerprint density at radius 1 is 0.649 bits per heavy atom. The summed E-state index contributed by atoms with van der Waals surface area (Å²) in [5, 5.41) is 0. The van der Waals surface area contributed by atoms with Gasteiger partial charge in [0.15, 0.2) is 8.32 Å². The number of hydrogen-bond donors (Lipinski definition) is 0. The maximum absolute atomic E-state index is 6.64. The van der Waals surface area contributed by atoms with Crippen LogP contribution in [0.5, 0.6) is 0 Å². The second-order valence-electron chi connectivity index (χ2n) is 12.7. The summed E-state index contributed by atoms with van der Waals surface area (Å²) in [6, 6.07) is 32.9. The molecule has 0 aromatic heterocycles. The molecule has 0 saturated heterocycles. The number of rotatable bonds is 8. The van der Waals surface area contributed by atoms with Crippen LogP contribution in [0, 0.1) is 5.41 Å². The standard InChI is InChI=1S/C14H33OPSi2.3C6H5.Sn/c1-14(11-9-8-10-12-14)13(15-17(2,3)4)16-18(5,6)7;3*1-2-4-6-5-3-1;/h13,16H,8-12H2,1-7H3;3*1-5H;. The fourth-order valence-electron chi connectivity index (χ4n) is 5.03. The normalized spacial score (nSPS) is 16.9. The summed E-state index contributed by atoms with van der Waals surface area (Å²) in [5.74, 6) is 0.552. The summed E-state index contributed by atoms with van der Waals surface area (Å²) in [5.41, 5.74) is 0.469. The van der Waals surface area contributed by atoms with Gasteiger partial charge in [-0.1, -0.05) is 45.8 Å². The van der Waals surface area contributed by atoms with Crippen molar-refractivity contribution in [1.29, 1.82) is 0 Å². The van der Waals surface area contributed by atoms with Crippen LogP contribution in [0.4, 0.5) is 0 Å². The zero-order valence-electron chi connectivity index (χ0n) is 24.2. The van der Waals surface area contributed by atoms with Crippen LogP contribution in [0.3, 0.4) is 0 Å². The van der Waals surface area contributed by atoms with Crippen molar-refractivity contribution in [2.75, 3.05) is 0 Å². The van der Waals surface area contributed by atoms with Gasteiger partial charge in [0.05, 0.1) is 13.6 Å². The van der Waals surface area contributed by atoms with E-state index in [1.165, 1.54) is 42.8 Å². The molecule has 0 amide bonds. The van der Waals surface area contributed by atoms with Gasteiger partial charge in [-0.05, 0) is 37.9 Å². The third-order valence-electron chi connectivity index (χ3n) is 6.85. The van der Waals surface area contributed by atoms with E-state index in [1.807, 2.05) is 0 Å². The molecule has 37 heavy (non-hydrogen) atoms. The van der Waals surface area contributed by atoms with E-state index in [9.17, 15) is 0 Å². The first-order valence-electron chi connectivity index (χ1n) is 14.0. The Kier molecular flexibility index (Phi) is 11.7. The van der Waals surface area contributed by atoms with Crippen molar-refractivity contribution in [1.82, 2.24) is 0 Å². The van der Waals surface area contributed by atoms with Gasteiger partial charge in [-0.2, -0.15) is 0 Å². The minimum absolute atomic E-state index is 0.469. The fraction of sp³-hybridized carbons (Fsp3) is 0.438. The molecule has 0 bridgehead atoms. The van der Waals surface area contributed by atoms with Gasteiger partial charge in [0.2, 0.25) is 0 Å². The third kappa shape index (κ3) is 10.4. The first kappa shape index (κ1) is 30.8. The first-order valence-corrected chi connectivity index (χ1v) is 27.2. The number of hydrogen-bond acceptors (Lipinski definition) is 1. The van der Waals surface area contributed by atoms with Gasteiger partial charge in [-0.3, -0.25) is 0 Å². The first-order chi connectivity index (χ1) is 17.5. The predicted molar refractivity (Wildman–Crippen MR) is 175 cm³/mol. The SMILES string of the molecule is CC1(C(O[Si](C)(C)C)P[Si](C)(C)C)CCCCC1.c1cc[c]([Sn]([c]2ccccc2)[c]2ccccc2)cc1. The van der Waals surface area contributed by atoms with Gasteiger partial charge in [-0.25, -0.2) is 0 Å². The van der Waals surface area contributed by atoms with E-state index >= 15 is 0 Å². The zero-order chi connectivity index (χ0) is 26.9. The topological polar surface area (TPSA) is 9.23 Å². The molecule has 0 N–H and O–H groups in total. The molecule has 0 heterocycles. The van der Waals surface area contributed by atoms with E-state index in [-0.39, 0.29) is 0 Å². The van der Waals surface area contributed by atoms with Crippen molar-refractivity contribution in [3.63, 3.8) is 0 Å². The summed E-state index contributed by atoms with van der Waals surface area (Å²) in [6.07, 6.45) is 7.04. The van der Waals surface area contributed by atoms with Gasteiger partial charge in [0.1, 0.15) is 0 Å². The van der Waals surface area contributed by atoms with Crippen LogP contribution in [-0.2, 0) is 4.43 Å². The second-order valence-corrected chi connectivity index (χ2v) is 34.9. The Hall–Kier alpha value is -0.718. The van der Waals surface area contributed by atoms with E-state index in [0.717, 1.165) is 8.13 Å². The van der Waals surface area contributed by atoms with Crippen molar-refractivity contribution in [2.45, 2.75) is 84.2 Å². The third-order valence-corrected chi connectivity index (χ3v) is 21.2. The predicted octanol–water partition coefficient (Wildman–Crippen LogP) is 7.85. The molecule has 199 valence electrons. The quantitative estimate of drug-likeness (QED) is 0.178. The summed E-state index contributed by atoms with van der Waals surface area (Å²) in [6.45, 7) is 17.0. The Labute approximate surface area is 238 Å². The van der Waals surface area contributed by atoms with Crippen molar-refractivity contribution in [3.8, 4) is 0 Å². The molecule has 1 fully saturated rings. The molecule has 3 aromatic carbocycles. The van der Waals surface area contributed by atoms with Gasteiger partial charge in [-0.15, -0.1) is 8.13 Å². The zero-order valence-corrected chi connectivity index (χ0v) is 30.0. The van der Waals surface area contributed by atoms with Crippen LogP contribution in [-0.4, -0.2) is 41.7 Å². The van der Waals surface area contributed by atoms with Crippen molar-refractivity contribution >= 4 is 54.7 Å². The van der Waals surface area contributed by atoms with Crippen LogP contribution in [0.15, 0.2) is 91.0 Å². The molecule has 1 nitrogen and oxygen atoms in total. The van der Waals surface area contributed by atoms with Crippen LogP contribution in [0.2, 0.25) is 39.3 Å². The molecule has 0 spiro atoms. The van der Waals surface area contributed by atoms with E-state index in [4.69, 9.17) is 4.43 Å². The van der Waals surface area contributed by atoms with Crippen LogP contribution in [0.25, 0.3) is 0 Å². The molecule has 3 aromatic rings. The average Bonchev–Trinajstić information content (AvgIpc) is 2.85. The van der Waals surface area contributed by atoms with Crippen LogP contribution < -0.4 is 10.7 Å². The Morgan fingerprint density at radius 2 is 1.03 bits per heavy atom. The van der Waals surface area contributed by atoms with E-state index in [1.54, 1.807) is 0 Å². The number of benzene rings is 3. The molecular weight excluding hydrogens is 606 g/mol. The van der Waals surface area contributed by atoms with E-state index in [2.05, 4.69) is 137 Å². The molecule has 1 aliphatic rings. The van der Waals surface area contributed by atoms with Crippen LogP contribution >= 0.6 is 8.13 Å². The molecule has 1 aliphatic carbocycles. The summed E-state index contributed by atoms with van der Waals surface area (Å²) in [4.78, 5) is 0. The average molecular weight is 655 g/mol. The molecule has 4 rings (SSSR count). The van der Waals surface area contributed by atoms with E-state index < -0.39 is 35.8 Å². The molecule has 2 unspecified atom stereocenters. The van der Waals surface area contributed by atoms with Crippen molar-refractivity contribution in [3.05, 3.63) is 91.0 Å². The molecule has 1 radical (unpaired) electrons. The Balaban J connectivity index is 0.000000206. The van der Waals surface area contributed by atoms with Crippen molar-refractivity contribution < 1.29 is 4.43 Å². The molecule has 1 saturated carbocycles. The molecule has 5 heteroatoms. The maximum atomic E-state index is 6.64. The minimum atomic E-state index is -1.98. The van der Waals surface area contributed by atoms with Gasteiger partial charge < -0.3 is 4.43 Å².